The Balaban J connectivity index is 1.66. The number of primary amides is 1. The number of anilines is 1. The van der Waals surface area contributed by atoms with Gasteiger partial charge < -0.3 is 20.5 Å². The van der Waals surface area contributed by atoms with Crippen molar-refractivity contribution >= 4 is 33.4 Å². The van der Waals surface area contributed by atoms with Gasteiger partial charge in [0.2, 0.25) is 0 Å². The van der Waals surface area contributed by atoms with Crippen molar-refractivity contribution in [1.82, 2.24) is 0 Å². The second-order valence-electron chi connectivity index (χ2n) is 5.79. The first-order chi connectivity index (χ1) is 13.5. The van der Waals surface area contributed by atoms with Crippen molar-refractivity contribution in [2.45, 2.75) is 0 Å². The lowest BCUT2D eigenvalue weighted by atomic mass is 10.2. The Morgan fingerprint density at radius 1 is 0.893 bits per heavy atom. The Morgan fingerprint density at radius 2 is 1.50 bits per heavy atom. The van der Waals surface area contributed by atoms with Crippen LogP contribution in [-0.2, 0) is 4.79 Å². The molecule has 0 aromatic heterocycles. The van der Waals surface area contributed by atoms with Crippen LogP contribution >= 0.6 is 15.9 Å². The monoisotopic (exact) mass is 440 g/mol. The van der Waals surface area contributed by atoms with Crippen LogP contribution < -0.4 is 20.5 Å². The fourth-order valence-electron chi connectivity index (χ4n) is 2.37. The Morgan fingerprint density at radius 3 is 2.14 bits per heavy atom. The van der Waals surface area contributed by atoms with Crippen molar-refractivity contribution in [2.75, 3.05) is 11.9 Å². The highest BCUT2D eigenvalue weighted by atomic mass is 79.9. The van der Waals surface area contributed by atoms with Crippen LogP contribution in [0.3, 0.4) is 0 Å². The molecular weight excluding hydrogens is 424 g/mol. The van der Waals surface area contributed by atoms with Gasteiger partial charge in [-0.3, -0.25) is 9.59 Å². The summed E-state index contributed by atoms with van der Waals surface area (Å²) in [5.41, 5.74) is 5.99. The average molecular weight is 441 g/mol. The molecule has 0 unspecified atom stereocenters. The van der Waals surface area contributed by atoms with E-state index in [9.17, 15) is 9.59 Å². The number of hydrogen-bond donors (Lipinski definition) is 2. The number of carbonyl (C=O) groups excluding carboxylic acids is 2. The van der Waals surface area contributed by atoms with Crippen LogP contribution in [0.1, 0.15) is 10.4 Å². The summed E-state index contributed by atoms with van der Waals surface area (Å²) in [7, 11) is 0. The van der Waals surface area contributed by atoms with E-state index in [1.165, 1.54) is 0 Å². The van der Waals surface area contributed by atoms with Crippen LogP contribution in [-0.4, -0.2) is 18.4 Å². The maximum atomic E-state index is 12.5. The molecule has 0 atom stereocenters. The van der Waals surface area contributed by atoms with Gasteiger partial charge in [0.05, 0.1) is 5.56 Å². The van der Waals surface area contributed by atoms with Crippen LogP contribution in [0.4, 0.5) is 5.69 Å². The smallest absolute Gasteiger partial charge is 0.259 e. The summed E-state index contributed by atoms with van der Waals surface area (Å²) in [5.74, 6) is 0.665. The number of para-hydroxylation sites is 1. The quantitative estimate of drug-likeness (QED) is 0.570. The van der Waals surface area contributed by atoms with Gasteiger partial charge in [0.25, 0.3) is 11.8 Å². The molecule has 3 rings (SSSR count). The minimum absolute atomic E-state index is 0.286. The van der Waals surface area contributed by atoms with E-state index in [4.69, 9.17) is 15.2 Å². The van der Waals surface area contributed by atoms with Crippen molar-refractivity contribution in [3.8, 4) is 17.2 Å². The normalized spacial score (nSPS) is 10.2. The number of nitrogens with one attached hydrogen (secondary N) is 1. The number of carbonyl (C=O) groups is 2. The van der Waals surface area contributed by atoms with Crippen LogP contribution in [0, 0.1) is 0 Å². The van der Waals surface area contributed by atoms with Gasteiger partial charge in [-0.05, 0) is 60.7 Å². The number of rotatable bonds is 7. The number of halogens is 1. The largest absolute Gasteiger partial charge is 0.483 e. The van der Waals surface area contributed by atoms with Gasteiger partial charge in [0.1, 0.15) is 17.2 Å². The van der Waals surface area contributed by atoms with E-state index in [2.05, 4.69) is 21.2 Å². The Hall–Kier alpha value is -3.32. The molecule has 3 aromatic carbocycles. The molecule has 0 aliphatic carbocycles. The van der Waals surface area contributed by atoms with Crippen LogP contribution in [0.2, 0.25) is 0 Å². The molecule has 0 bridgehead atoms. The average Bonchev–Trinajstić information content (AvgIpc) is 2.70. The Bertz CT molecular complexity index is 972. The number of benzene rings is 3. The summed E-state index contributed by atoms with van der Waals surface area (Å²) in [6.45, 7) is -0.299. The fraction of sp³-hybridized carbons (Fsp3) is 0.0476. The summed E-state index contributed by atoms with van der Waals surface area (Å²) >= 11 is 3.38. The van der Waals surface area contributed by atoms with Crippen LogP contribution in [0.5, 0.6) is 17.2 Å². The highest BCUT2D eigenvalue weighted by Gasteiger charge is 2.13. The van der Waals surface area contributed by atoms with E-state index in [0.717, 1.165) is 4.47 Å². The number of ether oxygens (including phenoxy) is 2. The van der Waals surface area contributed by atoms with E-state index in [1.807, 2.05) is 24.3 Å². The molecule has 0 saturated heterocycles. The van der Waals surface area contributed by atoms with Gasteiger partial charge in [0, 0.05) is 10.2 Å². The van der Waals surface area contributed by atoms with E-state index in [0.29, 0.717) is 22.7 Å². The van der Waals surface area contributed by atoms with Gasteiger partial charge in [-0.25, -0.2) is 0 Å². The van der Waals surface area contributed by atoms with Crippen molar-refractivity contribution < 1.29 is 19.1 Å². The molecule has 3 aromatic rings. The first-order valence-corrected chi connectivity index (χ1v) is 9.15. The maximum Gasteiger partial charge on any atom is 0.259 e. The SMILES string of the molecule is NC(=O)COc1ccccc1C(=O)Nc1ccc(Oc2ccc(Br)cc2)cc1. The third kappa shape index (κ3) is 5.34. The molecular formula is C21H17BrN2O4. The van der Waals surface area contributed by atoms with Crippen molar-refractivity contribution in [2.24, 2.45) is 5.73 Å². The topological polar surface area (TPSA) is 90.7 Å². The van der Waals surface area contributed by atoms with E-state index >= 15 is 0 Å². The summed E-state index contributed by atoms with van der Waals surface area (Å²) in [5, 5.41) is 2.79. The molecule has 0 heterocycles. The maximum absolute atomic E-state index is 12.5. The van der Waals surface area contributed by atoms with Gasteiger partial charge >= 0.3 is 0 Å². The number of nitrogens with two attached hydrogens (primary N) is 1. The summed E-state index contributed by atoms with van der Waals surface area (Å²) in [6, 6.07) is 21.1. The molecule has 6 nitrogen and oxygen atoms in total. The van der Waals surface area contributed by atoms with E-state index < -0.39 is 5.91 Å². The first-order valence-electron chi connectivity index (χ1n) is 8.36. The van der Waals surface area contributed by atoms with Gasteiger partial charge in [0.15, 0.2) is 6.61 Å². The molecule has 0 radical (unpaired) electrons. The molecule has 2 amide bonds. The molecule has 3 N–H and O–H groups in total. The standard InChI is InChI=1S/C21H17BrN2O4/c22-14-5-9-16(10-6-14)28-17-11-7-15(8-12-17)24-21(26)18-3-1-2-4-19(18)27-13-20(23)25/h1-12H,13H2,(H2,23,25)(H,24,26). The minimum Gasteiger partial charge on any atom is -0.483 e. The zero-order valence-corrected chi connectivity index (χ0v) is 16.3. The summed E-state index contributed by atoms with van der Waals surface area (Å²) in [6.07, 6.45) is 0. The zero-order valence-electron chi connectivity index (χ0n) is 14.7. The number of amides is 2. The molecule has 0 saturated carbocycles. The lowest BCUT2D eigenvalue weighted by Crippen LogP contribution is -2.21. The highest BCUT2D eigenvalue weighted by molar-refractivity contribution is 9.10. The second-order valence-corrected chi connectivity index (χ2v) is 6.70. The lowest BCUT2D eigenvalue weighted by molar-refractivity contribution is -0.119. The van der Waals surface area contributed by atoms with E-state index in [-0.39, 0.29) is 18.3 Å². The molecule has 0 aliphatic heterocycles. The van der Waals surface area contributed by atoms with Crippen molar-refractivity contribution in [3.05, 3.63) is 82.8 Å². The minimum atomic E-state index is -0.614. The van der Waals surface area contributed by atoms with Gasteiger partial charge in [-0.2, -0.15) is 0 Å². The first kappa shape index (κ1) is 19.4. The predicted octanol–water partition coefficient (Wildman–Crippen LogP) is 4.36. The van der Waals surface area contributed by atoms with Crippen LogP contribution in [0.25, 0.3) is 0 Å². The molecule has 28 heavy (non-hydrogen) atoms. The second kappa shape index (κ2) is 9.05. The third-order valence-electron chi connectivity index (χ3n) is 3.66. The van der Waals surface area contributed by atoms with Crippen molar-refractivity contribution in [3.63, 3.8) is 0 Å². The highest BCUT2D eigenvalue weighted by Crippen LogP contribution is 2.25. The third-order valence-corrected chi connectivity index (χ3v) is 4.19. The predicted molar refractivity (Wildman–Crippen MR) is 110 cm³/mol. The summed E-state index contributed by atoms with van der Waals surface area (Å²) in [4.78, 5) is 23.5. The Kier molecular flexibility index (Phi) is 6.29. The van der Waals surface area contributed by atoms with Crippen LogP contribution in [0.15, 0.2) is 77.3 Å². The van der Waals surface area contributed by atoms with E-state index in [1.54, 1.807) is 48.5 Å². The molecule has 0 fully saturated rings. The molecule has 0 aliphatic rings. The molecule has 142 valence electrons. The Labute approximate surface area is 170 Å². The molecule has 7 heteroatoms. The summed E-state index contributed by atoms with van der Waals surface area (Å²) < 4.78 is 12.0. The van der Waals surface area contributed by atoms with Crippen molar-refractivity contribution in [1.29, 1.82) is 0 Å². The molecule has 0 spiro atoms. The van der Waals surface area contributed by atoms with Gasteiger partial charge in [-0.15, -0.1) is 0 Å². The lowest BCUT2D eigenvalue weighted by Gasteiger charge is -2.11. The fourth-order valence-corrected chi connectivity index (χ4v) is 2.64. The zero-order chi connectivity index (χ0) is 19.9. The van der Waals surface area contributed by atoms with Gasteiger partial charge in [-0.1, -0.05) is 28.1 Å². The number of hydrogen-bond acceptors (Lipinski definition) is 4.